The molecule has 0 unspecified atom stereocenters. The molecule has 0 aliphatic carbocycles. The van der Waals surface area contributed by atoms with Crippen LogP contribution in [0, 0.1) is 0 Å². The SMILES string of the molecule is COC(=O)CCn1ccc(CNC(C)(C)C)c1. The highest BCUT2D eigenvalue weighted by molar-refractivity contribution is 5.68. The Hall–Kier alpha value is -1.29. The Morgan fingerprint density at radius 3 is 2.76 bits per heavy atom. The minimum atomic E-state index is -0.173. The lowest BCUT2D eigenvalue weighted by Crippen LogP contribution is -2.34. The third-order valence-corrected chi connectivity index (χ3v) is 2.44. The first-order valence-electron chi connectivity index (χ1n) is 5.87. The van der Waals surface area contributed by atoms with Crippen molar-refractivity contribution >= 4 is 5.97 Å². The summed E-state index contributed by atoms with van der Waals surface area (Å²) in [5, 5.41) is 3.42. The van der Waals surface area contributed by atoms with Gasteiger partial charge in [0.05, 0.1) is 13.5 Å². The molecule has 1 rings (SSSR count). The molecule has 1 aromatic rings. The standard InChI is InChI=1S/C13H22N2O2/c1-13(2,3)14-9-11-5-7-15(10-11)8-6-12(16)17-4/h5,7,10,14H,6,8-9H2,1-4H3. The van der Waals surface area contributed by atoms with Crippen LogP contribution in [0.1, 0.15) is 32.8 Å². The van der Waals surface area contributed by atoms with Crippen molar-refractivity contribution < 1.29 is 9.53 Å². The molecule has 0 saturated carbocycles. The maximum absolute atomic E-state index is 11.0. The van der Waals surface area contributed by atoms with Gasteiger partial charge >= 0.3 is 5.97 Å². The molecule has 0 spiro atoms. The maximum Gasteiger partial charge on any atom is 0.307 e. The monoisotopic (exact) mass is 238 g/mol. The first-order valence-corrected chi connectivity index (χ1v) is 5.87. The van der Waals surface area contributed by atoms with Crippen molar-refractivity contribution in [2.24, 2.45) is 0 Å². The number of methoxy groups -OCH3 is 1. The van der Waals surface area contributed by atoms with Gasteiger partial charge in [0.15, 0.2) is 0 Å². The van der Waals surface area contributed by atoms with Crippen LogP contribution >= 0.6 is 0 Å². The Bertz CT molecular complexity index is 364. The van der Waals surface area contributed by atoms with Crippen LogP contribution in [-0.2, 0) is 22.6 Å². The van der Waals surface area contributed by atoms with E-state index in [0.717, 1.165) is 6.54 Å². The number of carbonyl (C=O) groups is 1. The van der Waals surface area contributed by atoms with Crippen LogP contribution in [-0.4, -0.2) is 23.2 Å². The molecule has 0 atom stereocenters. The highest BCUT2D eigenvalue weighted by Crippen LogP contribution is 2.06. The zero-order valence-corrected chi connectivity index (χ0v) is 11.1. The molecule has 0 bridgehead atoms. The van der Waals surface area contributed by atoms with Crippen molar-refractivity contribution in [2.45, 2.75) is 45.8 Å². The van der Waals surface area contributed by atoms with Gasteiger partial charge in [-0.15, -0.1) is 0 Å². The summed E-state index contributed by atoms with van der Waals surface area (Å²) in [5.41, 5.74) is 1.35. The summed E-state index contributed by atoms with van der Waals surface area (Å²) in [6.07, 6.45) is 4.46. The minimum Gasteiger partial charge on any atom is -0.469 e. The maximum atomic E-state index is 11.0. The fourth-order valence-corrected chi connectivity index (χ4v) is 1.42. The zero-order chi connectivity index (χ0) is 12.9. The molecule has 4 heteroatoms. The molecule has 0 fully saturated rings. The number of hydrogen-bond donors (Lipinski definition) is 1. The third kappa shape index (κ3) is 5.54. The van der Waals surface area contributed by atoms with E-state index in [1.165, 1.54) is 12.7 Å². The van der Waals surface area contributed by atoms with Gasteiger partial charge in [-0.3, -0.25) is 4.79 Å². The van der Waals surface area contributed by atoms with Crippen LogP contribution in [0.5, 0.6) is 0 Å². The second-order valence-electron chi connectivity index (χ2n) is 5.19. The van der Waals surface area contributed by atoms with E-state index in [2.05, 4.69) is 43.1 Å². The van der Waals surface area contributed by atoms with Crippen LogP contribution in [0.2, 0.25) is 0 Å². The second-order valence-corrected chi connectivity index (χ2v) is 5.19. The van der Waals surface area contributed by atoms with Gasteiger partial charge in [-0.25, -0.2) is 0 Å². The first kappa shape index (κ1) is 13.8. The van der Waals surface area contributed by atoms with Crippen molar-refractivity contribution in [3.05, 3.63) is 24.0 Å². The summed E-state index contributed by atoms with van der Waals surface area (Å²) in [6.45, 7) is 7.93. The minimum absolute atomic E-state index is 0.119. The number of carbonyl (C=O) groups excluding carboxylic acids is 1. The van der Waals surface area contributed by atoms with E-state index in [1.807, 2.05) is 10.8 Å². The molecule has 1 heterocycles. The van der Waals surface area contributed by atoms with Gasteiger partial charge in [-0.2, -0.15) is 0 Å². The van der Waals surface area contributed by atoms with Crippen molar-refractivity contribution in [1.82, 2.24) is 9.88 Å². The molecule has 0 aliphatic rings. The van der Waals surface area contributed by atoms with E-state index >= 15 is 0 Å². The lowest BCUT2D eigenvalue weighted by Gasteiger charge is -2.19. The molecule has 17 heavy (non-hydrogen) atoms. The van der Waals surface area contributed by atoms with E-state index in [9.17, 15) is 4.79 Å². The quantitative estimate of drug-likeness (QED) is 0.797. The predicted octanol–water partition coefficient (Wildman–Crippen LogP) is 1.94. The van der Waals surface area contributed by atoms with Crippen LogP contribution < -0.4 is 5.32 Å². The Balaban J connectivity index is 2.40. The van der Waals surface area contributed by atoms with Crippen molar-refractivity contribution in [1.29, 1.82) is 0 Å². The van der Waals surface area contributed by atoms with Crippen LogP contribution in [0.25, 0.3) is 0 Å². The second kappa shape index (κ2) is 5.87. The summed E-state index contributed by atoms with van der Waals surface area (Å²) in [5.74, 6) is -0.173. The highest BCUT2D eigenvalue weighted by atomic mass is 16.5. The normalized spacial score (nSPS) is 11.5. The molecule has 4 nitrogen and oxygen atoms in total. The summed E-state index contributed by atoms with van der Waals surface area (Å²) in [7, 11) is 1.41. The molecule has 0 aliphatic heterocycles. The average Bonchev–Trinajstić information content (AvgIpc) is 2.70. The number of rotatable bonds is 5. The summed E-state index contributed by atoms with van der Waals surface area (Å²) in [6, 6.07) is 2.07. The first-order chi connectivity index (χ1) is 7.90. The van der Waals surface area contributed by atoms with Gasteiger partial charge in [-0.1, -0.05) is 0 Å². The Morgan fingerprint density at radius 1 is 1.47 bits per heavy atom. The molecule has 0 saturated heterocycles. The van der Waals surface area contributed by atoms with Gasteiger partial charge in [0, 0.05) is 31.0 Å². The van der Waals surface area contributed by atoms with E-state index < -0.39 is 0 Å². The van der Waals surface area contributed by atoms with Crippen LogP contribution in [0.3, 0.4) is 0 Å². The van der Waals surface area contributed by atoms with Gasteiger partial charge < -0.3 is 14.6 Å². The Morgan fingerprint density at radius 2 is 2.18 bits per heavy atom. The molecular weight excluding hydrogens is 216 g/mol. The smallest absolute Gasteiger partial charge is 0.307 e. The average molecular weight is 238 g/mol. The molecule has 0 aromatic carbocycles. The van der Waals surface area contributed by atoms with Gasteiger partial charge in [-0.05, 0) is 32.4 Å². The van der Waals surface area contributed by atoms with E-state index in [-0.39, 0.29) is 11.5 Å². The number of hydrogen-bond acceptors (Lipinski definition) is 3. The van der Waals surface area contributed by atoms with Crippen molar-refractivity contribution in [2.75, 3.05) is 7.11 Å². The number of nitrogens with one attached hydrogen (secondary N) is 1. The summed E-state index contributed by atoms with van der Waals surface area (Å²) >= 11 is 0. The van der Waals surface area contributed by atoms with E-state index in [1.54, 1.807) is 0 Å². The fraction of sp³-hybridized carbons (Fsp3) is 0.615. The number of ether oxygens (including phenoxy) is 1. The van der Waals surface area contributed by atoms with E-state index in [0.29, 0.717) is 13.0 Å². The molecule has 0 amide bonds. The van der Waals surface area contributed by atoms with Gasteiger partial charge in [0.25, 0.3) is 0 Å². The predicted molar refractivity (Wildman–Crippen MR) is 67.7 cm³/mol. The fourth-order valence-electron chi connectivity index (χ4n) is 1.42. The molecule has 0 radical (unpaired) electrons. The van der Waals surface area contributed by atoms with Crippen molar-refractivity contribution in [3.8, 4) is 0 Å². The summed E-state index contributed by atoms with van der Waals surface area (Å²) in [4.78, 5) is 11.0. The van der Waals surface area contributed by atoms with Crippen LogP contribution in [0.15, 0.2) is 18.5 Å². The molecule has 1 N–H and O–H groups in total. The van der Waals surface area contributed by atoms with Crippen molar-refractivity contribution in [3.63, 3.8) is 0 Å². The number of esters is 1. The number of aryl methyl sites for hydroxylation is 1. The number of nitrogens with zero attached hydrogens (tertiary/aromatic N) is 1. The Kier molecular flexibility index (Phi) is 4.75. The zero-order valence-electron chi connectivity index (χ0n) is 11.1. The Labute approximate surface area is 103 Å². The molecular formula is C13H22N2O2. The van der Waals surface area contributed by atoms with Crippen LogP contribution in [0.4, 0.5) is 0 Å². The van der Waals surface area contributed by atoms with Gasteiger partial charge in [0.2, 0.25) is 0 Å². The number of aromatic nitrogens is 1. The summed E-state index contributed by atoms with van der Waals surface area (Å²) < 4.78 is 6.62. The third-order valence-electron chi connectivity index (χ3n) is 2.44. The molecule has 96 valence electrons. The lowest BCUT2D eigenvalue weighted by atomic mass is 10.1. The lowest BCUT2D eigenvalue weighted by molar-refractivity contribution is -0.140. The largest absolute Gasteiger partial charge is 0.469 e. The highest BCUT2D eigenvalue weighted by Gasteiger charge is 2.09. The topological polar surface area (TPSA) is 43.3 Å². The molecule has 1 aromatic heterocycles. The van der Waals surface area contributed by atoms with Gasteiger partial charge in [0.1, 0.15) is 0 Å². The van der Waals surface area contributed by atoms with E-state index in [4.69, 9.17) is 0 Å².